The lowest BCUT2D eigenvalue weighted by atomic mass is 10.1. The van der Waals surface area contributed by atoms with Crippen LogP contribution in [0.2, 0.25) is 0 Å². The third-order valence-electron chi connectivity index (χ3n) is 3.67. The van der Waals surface area contributed by atoms with Crippen LogP contribution in [0, 0.1) is 0 Å². The molecule has 3 rings (SSSR count). The van der Waals surface area contributed by atoms with Gasteiger partial charge in [-0.15, -0.1) is 0 Å². The first kappa shape index (κ1) is 14.6. The zero-order valence-electron chi connectivity index (χ0n) is 12.1. The maximum absolute atomic E-state index is 12.6. The Balaban J connectivity index is 1.82. The molecule has 2 aliphatic heterocycles. The fourth-order valence-corrected chi connectivity index (χ4v) is 3.20. The van der Waals surface area contributed by atoms with Gasteiger partial charge in [-0.1, -0.05) is 15.9 Å². The highest BCUT2D eigenvalue weighted by molar-refractivity contribution is 9.10. The maximum atomic E-state index is 12.6. The molecule has 2 aliphatic rings. The molecule has 0 saturated carbocycles. The molecular weight excluding hydrogens is 334 g/mol. The Morgan fingerprint density at radius 1 is 1.29 bits per heavy atom. The number of fused-ring (bicyclic) bond motifs is 1. The Labute approximate surface area is 132 Å². The molecule has 1 saturated heterocycles. The standard InChI is InChI=1S/C16H18BrNO3/c1-10-7-18(8-11(2)21-10)16(19)13-5-12-6-14(17)3-4-15(12)20-9-13/h3-6,10-11H,7-9H2,1-2H3/t10-,11-/m1/s1. The molecule has 0 unspecified atom stereocenters. The predicted molar refractivity (Wildman–Crippen MR) is 84.2 cm³/mol. The first-order chi connectivity index (χ1) is 10.0. The van der Waals surface area contributed by atoms with Gasteiger partial charge < -0.3 is 14.4 Å². The van der Waals surface area contributed by atoms with Crippen LogP contribution < -0.4 is 4.74 Å². The summed E-state index contributed by atoms with van der Waals surface area (Å²) in [5.41, 5.74) is 1.63. The van der Waals surface area contributed by atoms with Crippen molar-refractivity contribution >= 4 is 27.9 Å². The van der Waals surface area contributed by atoms with Crippen molar-refractivity contribution < 1.29 is 14.3 Å². The summed E-state index contributed by atoms with van der Waals surface area (Å²) in [6.45, 7) is 5.58. The number of rotatable bonds is 1. The SMILES string of the molecule is C[C@@H]1CN(C(=O)C2=Cc3cc(Br)ccc3OC2)C[C@@H](C)O1. The quantitative estimate of drug-likeness (QED) is 0.780. The van der Waals surface area contributed by atoms with Gasteiger partial charge in [0.2, 0.25) is 0 Å². The molecular formula is C16H18BrNO3. The number of amides is 1. The van der Waals surface area contributed by atoms with E-state index < -0.39 is 0 Å². The van der Waals surface area contributed by atoms with E-state index >= 15 is 0 Å². The fourth-order valence-electron chi connectivity index (χ4n) is 2.82. The van der Waals surface area contributed by atoms with E-state index in [2.05, 4.69) is 15.9 Å². The molecule has 1 aromatic rings. The zero-order chi connectivity index (χ0) is 15.0. The van der Waals surface area contributed by atoms with Crippen molar-refractivity contribution in [1.82, 2.24) is 4.90 Å². The number of ether oxygens (including phenoxy) is 2. The van der Waals surface area contributed by atoms with Gasteiger partial charge in [0.15, 0.2) is 0 Å². The minimum absolute atomic E-state index is 0.0441. The fraction of sp³-hybridized carbons (Fsp3) is 0.438. The van der Waals surface area contributed by atoms with Crippen molar-refractivity contribution in [2.45, 2.75) is 26.1 Å². The molecule has 0 spiro atoms. The number of nitrogens with zero attached hydrogens (tertiary/aromatic N) is 1. The Bertz CT molecular complexity index is 589. The van der Waals surface area contributed by atoms with Gasteiger partial charge in [0.1, 0.15) is 12.4 Å². The van der Waals surface area contributed by atoms with Crippen LogP contribution in [0.4, 0.5) is 0 Å². The zero-order valence-corrected chi connectivity index (χ0v) is 13.7. The monoisotopic (exact) mass is 351 g/mol. The van der Waals surface area contributed by atoms with E-state index in [4.69, 9.17) is 9.47 Å². The molecule has 0 N–H and O–H groups in total. The number of morpholine rings is 1. The van der Waals surface area contributed by atoms with Crippen LogP contribution in [0.3, 0.4) is 0 Å². The molecule has 0 aromatic heterocycles. The molecule has 0 radical (unpaired) electrons. The topological polar surface area (TPSA) is 38.8 Å². The van der Waals surface area contributed by atoms with Gasteiger partial charge in [-0.05, 0) is 38.1 Å². The van der Waals surface area contributed by atoms with Gasteiger partial charge in [0.25, 0.3) is 5.91 Å². The molecule has 21 heavy (non-hydrogen) atoms. The minimum atomic E-state index is 0.0441. The summed E-state index contributed by atoms with van der Waals surface area (Å²) in [7, 11) is 0. The second-order valence-electron chi connectivity index (χ2n) is 5.61. The molecule has 5 heteroatoms. The Hall–Kier alpha value is -1.33. The molecule has 1 fully saturated rings. The summed E-state index contributed by atoms with van der Waals surface area (Å²) in [5.74, 6) is 0.862. The van der Waals surface area contributed by atoms with Gasteiger partial charge in [-0.2, -0.15) is 0 Å². The van der Waals surface area contributed by atoms with Crippen molar-refractivity contribution in [3.63, 3.8) is 0 Å². The molecule has 2 atom stereocenters. The first-order valence-corrected chi connectivity index (χ1v) is 7.90. The summed E-state index contributed by atoms with van der Waals surface area (Å²) in [4.78, 5) is 14.5. The van der Waals surface area contributed by atoms with E-state index in [1.165, 1.54) is 0 Å². The second-order valence-corrected chi connectivity index (χ2v) is 6.52. The summed E-state index contributed by atoms with van der Waals surface area (Å²) in [6, 6.07) is 5.81. The summed E-state index contributed by atoms with van der Waals surface area (Å²) < 4.78 is 12.3. The molecule has 1 aromatic carbocycles. The Morgan fingerprint density at radius 2 is 2.00 bits per heavy atom. The highest BCUT2D eigenvalue weighted by atomic mass is 79.9. The number of benzene rings is 1. The normalized spacial score (nSPS) is 24.9. The van der Waals surface area contributed by atoms with Gasteiger partial charge in [0.05, 0.1) is 17.8 Å². The number of hydrogen-bond donors (Lipinski definition) is 0. The van der Waals surface area contributed by atoms with Gasteiger partial charge in [0, 0.05) is 23.1 Å². The lowest BCUT2D eigenvalue weighted by Gasteiger charge is -2.36. The Morgan fingerprint density at radius 3 is 2.71 bits per heavy atom. The van der Waals surface area contributed by atoms with E-state index in [0.29, 0.717) is 25.3 Å². The van der Waals surface area contributed by atoms with Gasteiger partial charge in [-0.3, -0.25) is 4.79 Å². The number of halogens is 1. The molecule has 112 valence electrons. The van der Waals surface area contributed by atoms with E-state index in [9.17, 15) is 4.79 Å². The van der Waals surface area contributed by atoms with Crippen LogP contribution in [-0.2, 0) is 9.53 Å². The highest BCUT2D eigenvalue weighted by Gasteiger charge is 2.29. The average molecular weight is 352 g/mol. The smallest absolute Gasteiger partial charge is 0.253 e. The summed E-state index contributed by atoms with van der Waals surface area (Å²) in [5, 5.41) is 0. The van der Waals surface area contributed by atoms with E-state index in [-0.39, 0.29) is 18.1 Å². The van der Waals surface area contributed by atoms with Crippen LogP contribution in [0.1, 0.15) is 19.4 Å². The second kappa shape index (κ2) is 5.81. The Kier molecular flexibility index (Phi) is 4.04. The van der Waals surface area contributed by atoms with E-state index in [1.807, 2.05) is 43.0 Å². The minimum Gasteiger partial charge on any atom is -0.488 e. The molecule has 0 aliphatic carbocycles. The van der Waals surface area contributed by atoms with Crippen molar-refractivity contribution in [2.75, 3.05) is 19.7 Å². The lowest BCUT2D eigenvalue weighted by molar-refractivity contribution is -0.139. The number of carbonyl (C=O) groups excluding carboxylic acids is 1. The van der Waals surface area contributed by atoms with Crippen LogP contribution in [0.5, 0.6) is 5.75 Å². The third-order valence-corrected chi connectivity index (χ3v) is 4.16. The van der Waals surface area contributed by atoms with Crippen LogP contribution in [0.25, 0.3) is 6.08 Å². The van der Waals surface area contributed by atoms with Crippen molar-refractivity contribution in [3.8, 4) is 5.75 Å². The molecule has 0 bridgehead atoms. The first-order valence-electron chi connectivity index (χ1n) is 7.10. The van der Waals surface area contributed by atoms with Gasteiger partial charge in [-0.25, -0.2) is 0 Å². The maximum Gasteiger partial charge on any atom is 0.253 e. The summed E-state index contributed by atoms with van der Waals surface area (Å²) >= 11 is 3.44. The molecule has 1 amide bonds. The van der Waals surface area contributed by atoms with Crippen molar-refractivity contribution in [3.05, 3.63) is 33.8 Å². The van der Waals surface area contributed by atoms with Crippen LogP contribution in [-0.4, -0.2) is 42.7 Å². The molecule has 2 heterocycles. The average Bonchev–Trinajstić information content (AvgIpc) is 2.44. The van der Waals surface area contributed by atoms with E-state index in [0.717, 1.165) is 15.8 Å². The van der Waals surface area contributed by atoms with E-state index in [1.54, 1.807) is 0 Å². The van der Waals surface area contributed by atoms with Crippen molar-refractivity contribution in [2.24, 2.45) is 0 Å². The lowest BCUT2D eigenvalue weighted by Crippen LogP contribution is -2.49. The predicted octanol–water partition coefficient (Wildman–Crippen LogP) is 2.86. The van der Waals surface area contributed by atoms with Gasteiger partial charge >= 0.3 is 0 Å². The van der Waals surface area contributed by atoms with Crippen molar-refractivity contribution in [1.29, 1.82) is 0 Å². The number of hydrogen-bond acceptors (Lipinski definition) is 3. The van der Waals surface area contributed by atoms with Crippen LogP contribution in [0.15, 0.2) is 28.2 Å². The summed E-state index contributed by atoms with van der Waals surface area (Å²) in [6.07, 6.45) is 2.07. The third kappa shape index (κ3) is 3.14. The number of carbonyl (C=O) groups is 1. The van der Waals surface area contributed by atoms with Crippen LogP contribution >= 0.6 is 15.9 Å². The highest BCUT2D eigenvalue weighted by Crippen LogP contribution is 2.30. The molecule has 4 nitrogen and oxygen atoms in total. The largest absolute Gasteiger partial charge is 0.488 e.